The van der Waals surface area contributed by atoms with Crippen LogP contribution in [0.15, 0.2) is 30.3 Å². The normalized spacial score (nSPS) is 15.1. The van der Waals surface area contributed by atoms with E-state index < -0.39 is 5.97 Å². The maximum Gasteiger partial charge on any atom is 0.317 e. The van der Waals surface area contributed by atoms with Crippen LogP contribution >= 0.6 is 0 Å². The molecule has 1 aliphatic heterocycles. The Labute approximate surface area is 152 Å². The number of carbonyl (C=O) groups is 2. The molecule has 2 heterocycles. The Morgan fingerprint density at radius 3 is 2.46 bits per heavy atom. The average molecular weight is 356 g/mol. The lowest BCUT2D eigenvalue weighted by Crippen LogP contribution is -2.45. The number of amides is 2. The number of nitrogens with one attached hydrogen (secondary N) is 1. The van der Waals surface area contributed by atoms with Crippen molar-refractivity contribution in [3.05, 3.63) is 47.3 Å². The largest absolute Gasteiger partial charge is 0.481 e. The van der Waals surface area contributed by atoms with Crippen molar-refractivity contribution in [1.29, 1.82) is 0 Å². The van der Waals surface area contributed by atoms with Crippen LogP contribution in [0, 0.1) is 19.8 Å². The fourth-order valence-corrected chi connectivity index (χ4v) is 3.36. The number of rotatable bonds is 4. The number of carboxylic acid groups (broad SMARTS) is 1. The number of aromatic nitrogens is 2. The lowest BCUT2D eigenvalue weighted by Gasteiger charge is -2.30. The maximum atomic E-state index is 12.4. The van der Waals surface area contributed by atoms with Crippen LogP contribution in [0.3, 0.4) is 0 Å². The van der Waals surface area contributed by atoms with Crippen molar-refractivity contribution >= 4 is 12.0 Å². The second kappa shape index (κ2) is 7.59. The quantitative estimate of drug-likeness (QED) is 0.881. The summed E-state index contributed by atoms with van der Waals surface area (Å²) >= 11 is 0. The van der Waals surface area contributed by atoms with Gasteiger partial charge in [-0.05, 0) is 38.8 Å². The van der Waals surface area contributed by atoms with Crippen LogP contribution in [-0.4, -0.2) is 44.9 Å². The van der Waals surface area contributed by atoms with Crippen LogP contribution in [0.2, 0.25) is 0 Å². The summed E-state index contributed by atoms with van der Waals surface area (Å²) < 4.78 is 1.88. The summed E-state index contributed by atoms with van der Waals surface area (Å²) in [4.78, 5) is 25.1. The highest BCUT2D eigenvalue weighted by Crippen LogP contribution is 2.19. The molecule has 0 radical (unpaired) electrons. The molecule has 138 valence electrons. The number of hydrogen-bond acceptors (Lipinski definition) is 3. The molecule has 0 aliphatic carbocycles. The summed E-state index contributed by atoms with van der Waals surface area (Å²) in [7, 11) is 0. The molecule has 1 saturated heterocycles. The highest BCUT2D eigenvalue weighted by molar-refractivity contribution is 5.75. The van der Waals surface area contributed by atoms with E-state index in [4.69, 9.17) is 5.11 Å². The maximum absolute atomic E-state index is 12.4. The van der Waals surface area contributed by atoms with Crippen molar-refractivity contribution in [2.45, 2.75) is 33.2 Å². The molecule has 2 amide bonds. The molecule has 2 aromatic rings. The van der Waals surface area contributed by atoms with Gasteiger partial charge in [0.25, 0.3) is 0 Å². The number of aliphatic carboxylic acids is 1. The van der Waals surface area contributed by atoms with Gasteiger partial charge < -0.3 is 15.3 Å². The van der Waals surface area contributed by atoms with Crippen molar-refractivity contribution in [3.8, 4) is 5.69 Å². The van der Waals surface area contributed by atoms with Crippen molar-refractivity contribution < 1.29 is 14.7 Å². The van der Waals surface area contributed by atoms with Gasteiger partial charge in [-0.25, -0.2) is 9.48 Å². The van der Waals surface area contributed by atoms with Crippen molar-refractivity contribution in [1.82, 2.24) is 20.0 Å². The summed E-state index contributed by atoms with van der Waals surface area (Å²) in [5.41, 5.74) is 3.87. The molecule has 0 atom stereocenters. The number of aryl methyl sites for hydroxylation is 1. The zero-order valence-corrected chi connectivity index (χ0v) is 15.1. The Bertz CT molecular complexity index is 793. The molecule has 7 heteroatoms. The van der Waals surface area contributed by atoms with Crippen LogP contribution < -0.4 is 5.32 Å². The molecular formula is C19H24N4O3. The van der Waals surface area contributed by atoms with Gasteiger partial charge in [-0.1, -0.05) is 18.2 Å². The van der Waals surface area contributed by atoms with Gasteiger partial charge in [0.1, 0.15) is 0 Å². The molecule has 1 aromatic carbocycles. The second-order valence-corrected chi connectivity index (χ2v) is 6.65. The molecule has 1 aromatic heterocycles. The van der Waals surface area contributed by atoms with E-state index in [2.05, 4.69) is 10.4 Å². The SMILES string of the molecule is Cc1nn(-c2ccccc2)c(C)c1CNC(=O)N1CCC(C(=O)O)CC1. The van der Waals surface area contributed by atoms with Gasteiger partial charge in [-0.2, -0.15) is 5.10 Å². The number of carbonyl (C=O) groups excluding carboxylic acids is 1. The van der Waals surface area contributed by atoms with Gasteiger partial charge in [0, 0.05) is 30.9 Å². The van der Waals surface area contributed by atoms with E-state index in [1.54, 1.807) is 4.90 Å². The average Bonchev–Trinajstić information content (AvgIpc) is 2.94. The van der Waals surface area contributed by atoms with Crippen LogP contribution in [0.5, 0.6) is 0 Å². The Morgan fingerprint density at radius 2 is 1.85 bits per heavy atom. The fourth-order valence-electron chi connectivity index (χ4n) is 3.36. The summed E-state index contributed by atoms with van der Waals surface area (Å²) in [6.45, 7) is 5.29. The van der Waals surface area contributed by atoms with Gasteiger partial charge in [0.05, 0.1) is 17.3 Å². The van der Waals surface area contributed by atoms with E-state index in [1.165, 1.54) is 0 Å². The Morgan fingerprint density at radius 1 is 1.19 bits per heavy atom. The van der Waals surface area contributed by atoms with Crippen molar-refractivity contribution in [2.75, 3.05) is 13.1 Å². The third-order valence-corrected chi connectivity index (χ3v) is 4.99. The number of piperidine rings is 1. The molecule has 26 heavy (non-hydrogen) atoms. The minimum atomic E-state index is -0.773. The van der Waals surface area contributed by atoms with Crippen molar-refractivity contribution in [2.24, 2.45) is 5.92 Å². The number of benzene rings is 1. The Hall–Kier alpha value is -2.83. The predicted molar refractivity (Wildman–Crippen MR) is 97.2 cm³/mol. The first-order chi connectivity index (χ1) is 12.5. The monoisotopic (exact) mass is 356 g/mol. The molecule has 0 saturated carbocycles. The van der Waals surface area contributed by atoms with E-state index in [0.717, 1.165) is 22.6 Å². The van der Waals surface area contributed by atoms with E-state index in [-0.39, 0.29) is 11.9 Å². The van der Waals surface area contributed by atoms with Crippen LogP contribution in [0.4, 0.5) is 4.79 Å². The third kappa shape index (κ3) is 3.71. The summed E-state index contributed by atoms with van der Waals surface area (Å²) in [6, 6.07) is 9.73. The standard InChI is InChI=1S/C19H24N4O3/c1-13-17(14(2)23(21-13)16-6-4-3-5-7-16)12-20-19(26)22-10-8-15(9-11-22)18(24)25/h3-7,15H,8-12H2,1-2H3,(H,20,26)(H,24,25). The fraction of sp³-hybridized carbons (Fsp3) is 0.421. The second-order valence-electron chi connectivity index (χ2n) is 6.65. The number of urea groups is 1. The topological polar surface area (TPSA) is 87.5 Å². The zero-order valence-electron chi connectivity index (χ0n) is 15.1. The summed E-state index contributed by atoms with van der Waals surface area (Å²) in [5, 5.41) is 16.6. The first kappa shape index (κ1) is 18.0. The summed E-state index contributed by atoms with van der Waals surface area (Å²) in [6.07, 6.45) is 1.01. The van der Waals surface area contributed by atoms with Crippen LogP contribution in [-0.2, 0) is 11.3 Å². The minimum Gasteiger partial charge on any atom is -0.481 e. The van der Waals surface area contributed by atoms with E-state index in [1.807, 2.05) is 48.9 Å². The van der Waals surface area contributed by atoms with Gasteiger partial charge >= 0.3 is 12.0 Å². The first-order valence-electron chi connectivity index (χ1n) is 8.83. The molecule has 0 unspecified atom stereocenters. The molecular weight excluding hydrogens is 332 g/mol. The first-order valence-corrected chi connectivity index (χ1v) is 8.83. The Balaban J connectivity index is 1.63. The number of hydrogen-bond donors (Lipinski definition) is 2. The van der Waals surface area contributed by atoms with E-state index >= 15 is 0 Å². The lowest BCUT2D eigenvalue weighted by atomic mass is 9.97. The molecule has 1 aliphatic rings. The minimum absolute atomic E-state index is 0.153. The molecule has 7 nitrogen and oxygen atoms in total. The molecule has 1 fully saturated rings. The molecule has 3 rings (SSSR count). The van der Waals surface area contributed by atoms with Crippen molar-refractivity contribution in [3.63, 3.8) is 0 Å². The van der Waals surface area contributed by atoms with Crippen LogP contribution in [0.1, 0.15) is 29.8 Å². The number of para-hydroxylation sites is 1. The van der Waals surface area contributed by atoms with E-state index in [9.17, 15) is 9.59 Å². The zero-order chi connectivity index (χ0) is 18.7. The predicted octanol–water partition coefficient (Wildman–Crippen LogP) is 2.50. The smallest absolute Gasteiger partial charge is 0.317 e. The van der Waals surface area contributed by atoms with Gasteiger partial charge in [0.2, 0.25) is 0 Å². The number of nitrogens with zero attached hydrogens (tertiary/aromatic N) is 3. The van der Waals surface area contributed by atoms with Gasteiger partial charge in [0.15, 0.2) is 0 Å². The Kier molecular flexibility index (Phi) is 5.25. The molecule has 2 N–H and O–H groups in total. The van der Waals surface area contributed by atoms with Gasteiger partial charge in [-0.15, -0.1) is 0 Å². The highest BCUT2D eigenvalue weighted by Gasteiger charge is 2.27. The van der Waals surface area contributed by atoms with Gasteiger partial charge in [-0.3, -0.25) is 4.79 Å². The highest BCUT2D eigenvalue weighted by atomic mass is 16.4. The van der Waals surface area contributed by atoms with E-state index in [0.29, 0.717) is 32.5 Å². The molecule has 0 bridgehead atoms. The lowest BCUT2D eigenvalue weighted by molar-refractivity contribution is -0.143. The number of likely N-dealkylation sites (tertiary alicyclic amines) is 1. The van der Waals surface area contributed by atoms with Crippen LogP contribution in [0.25, 0.3) is 5.69 Å². The third-order valence-electron chi connectivity index (χ3n) is 4.99. The molecule has 0 spiro atoms. The summed E-state index contributed by atoms with van der Waals surface area (Å²) in [5.74, 6) is -1.11. The number of carboxylic acids is 1.